The quantitative estimate of drug-likeness (QED) is 0.541. The number of aromatic nitrogens is 2. The fourth-order valence-corrected chi connectivity index (χ4v) is 2.70. The fraction of sp³-hybridized carbons (Fsp3) is 0.158. The third-order valence-corrected chi connectivity index (χ3v) is 4.42. The van der Waals surface area contributed by atoms with E-state index >= 15 is 0 Å². The largest absolute Gasteiger partial charge is 0.383 e. The van der Waals surface area contributed by atoms with Crippen LogP contribution in [0.1, 0.15) is 0 Å². The van der Waals surface area contributed by atoms with Gasteiger partial charge < -0.3 is 15.4 Å². The van der Waals surface area contributed by atoms with Crippen LogP contribution in [-0.4, -0.2) is 30.2 Å². The zero-order valence-electron chi connectivity index (χ0n) is 14.2. The molecular formula is C19H18Cl2N4O. The molecule has 0 aliphatic rings. The Hall–Kier alpha value is -2.34. The molecule has 7 heteroatoms. The van der Waals surface area contributed by atoms with E-state index in [0.29, 0.717) is 40.7 Å². The first kappa shape index (κ1) is 18.5. The van der Waals surface area contributed by atoms with E-state index in [-0.39, 0.29) is 0 Å². The van der Waals surface area contributed by atoms with Gasteiger partial charge in [-0.25, -0.2) is 4.98 Å². The molecule has 0 aliphatic carbocycles. The van der Waals surface area contributed by atoms with Crippen molar-refractivity contribution in [2.24, 2.45) is 0 Å². The van der Waals surface area contributed by atoms with Crippen molar-refractivity contribution in [2.75, 3.05) is 30.9 Å². The van der Waals surface area contributed by atoms with Crippen molar-refractivity contribution in [3.63, 3.8) is 0 Å². The number of benzene rings is 2. The highest BCUT2D eigenvalue weighted by Crippen LogP contribution is 2.31. The second-order valence-electron chi connectivity index (χ2n) is 5.47. The lowest BCUT2D eigenvalue weighted by Gasteiger charge is -2.12. The zero-order chi connectivity index (χ0) is 18.4. The molecule has 0 amide bonds. The molecule has 0 bridgehead atoms. The van der Waals surface area contributed by atoms with Gasteiger partial charge in [0.05, 0.1) is 28.0 Å². The van der Waals surface area contributed by atoms with Gasteiger partial charge in [-0.15, -0.1) is 0 Å². The number of anilines is 3. The Bertz CT molecular complexity index is 875. The first-order valence-electron chi connectivity index (χ1n) is 8.05. The molecule has 0 atom stereocenters. The molecule has 0 saturated carbocycles. The SMILES string of the molecule is COCCNc1cc(-c2ccccc2)nc(Nc2cccc(Cl)c2Cl)n1. The Morgan fingerprint density at radius 3 is 2.58 bits per heavy atom. The van der Waals surface area contributed by atoms with Crippen molar-refractivity contribution in [3.05, 3.63) is 64.6 Å². The third-order valence-electron chi connectivity index (χ3n) is 3.61. The standard InChI is InChI=1S/C19H18Cl2N4O/c1-26-11-10-22-17-12-16(13-6-3-2-4-7-13)24-19(25-17)23-15-9-5-8-14(20)18(15)21/h2-9,12H,10-11H2,1H3,(H2,22,23,24,25). The summed E-state index contributed by atoms with van der Waals surface area (Å²) >= 11 is 12.3. The average Bonchev–Trinajstić information content (AvgIpc) is 2.66. The number of nitrogens with one attached hydrogen (secondary N) is 2. The summed E-state index contributed by atoms with van der Waals surface area (Å²) in [5.74, 6) is 1.12. The van der Waals surface area contributed by atoms with Gasteiger partial charge in [-0.3, -0.25) is 0 Å². The Balaban J connectivity index is 1.95. The van der Waals surface area contributed by atoms with E-state index in [0.717, 1.165) is 11.3 Å². The molecule has 0 radical (unpaired) electrons. The van der Waals surface area contributed by atoms with Gasteiger partial charge >= 0.3 is 0 Å². The summed E-state index contributed by atoms with van der Waals surface area (Å²) in [6.45, 7) is 1.21. The lowest BCUT2D eigenvalue weighted by atomic mass is 10.1. The van der Waals surface area contributed by atoms with Gasteiger partial charge in [-0.1, -0.05) is 59.6 Å². The minimum absolute atomic E-state index is 0.426. The zero-order valence-corrected chi connectivity index (χ0v) is 15.7. The molecule has 1 heterocycles. The maximum absolute atomic E-state index is 6.26. The summed E-state index contributed by atoms with van der Waals surface area (Å²) in [6.07, 6.45) is 0. The maximum atomic E-state index is 6.26. The van der Waals surface area contributed by atoms with Crippen molar-refractivity contribution >= 4 is 40.7 Å². The minimum atomic E-state index is 0.426. The Kier molecular flexibility index (Phi) is 6.28. The van der Waals surface area contributed by atoms with Gasteiger partial charge in [-0.05, 0) is 12.1 Å². The summed E-state index contributed by atoms with van der Waals surface area (Å²) in [7, 11) is 1.66. The number of halogens is 2. The van der Waals surface area contributed by atoms with Crippen LogP contribution < -0.4 is 10.6 Å². The van der Waals surface area contributed by atoms with Gasteiger partial charge in [0.1, 0.15) is 5.82 Å². The molecule has 0 saturated heterocycles. The highest BCUT2D eigenvalue weighted by atomic mass is 35.5. The predicted molar refractivity (Wildman–Crippen MR) is 108 cm³/mol. The van der Waals surface area contributed by atoms with Crippen LogP contribution in [-0.2, 0) is 4.74 Å². The Morgan fingerprint density at radius 1 is 1.00 bits per heavy atom. The van der Waals surface area contributed by atoms with E-state index in [4.69, 9.17) is 27.9 Å². The molecule has 3 aromatic rings. The van der Waals surface area contributed by atoms with Gasteiger partial charge in [0.15, 0.2) is 0 Å². The highest BCUT2D eigenvalue weighted by Gasteiger charge is 2.10. The van der Waals surface area contributed by atoms with Gasteiger partial charge in [0.2, 0.25) is 5.95 Å². The second-order valence-corrected chi connectivity index (χ2v) is 6.26. The van der Waals surface area contributed by atoms with Gasteiger partial charge in [0.25, 0.3) is 0 Å². The molecule has 26 heavy (non-hydrogen) atoms. The number of ether oxygens (including phenoxy) is 1. The van der Waals surface area contributed by atoms with E-state index in [2.05, 4.69) is 20.6 Å². The van der Waals surface area contributed by atoms with E-state index in [1.165, 1.54) is 0 Å². The molecular weight excluding hydrogens is 371 g/mol. The first-order valence-corrected chi connectivity index (χ1v) is 8.81. The van der Waals surface area contributed by atoms with Crippen molar-refractivity contribution in [1.29, 1.82) is 0 Å². The van der Waals surface area contributed by atoms with Gasteiger partial charge in [0, 0.05) is 25.3 Å². The molecule has 5 nitrogen and oxygen atoms in total. The van der Waals surface area contributed by atoms with Crippen LogP contribution in [0.2, 0.25) is 10.0 Å². The summed E-state index contributed by atoms with van der Waals surface area (Å²) in [6, 6.07) is 17.2. The normalized spacial score (nSPS) is 10.6. The molecule has 0 fully saturated rings. The average molecular weight is 389 g/mol. The summed E-state index contributed by atoms with van der Waals surface area (Å²) in [4.78, 5) is 9.11. The van der Waals surface area contributed by atoms with Crippen molar-refractivity contribution in [3.8, 4) is 11.3 Å². The molecule has 0 aliphatic heterocycles. The number of methoxy groups -OCH3 is 1. The van der Waals surface area contributed by atoms with Crippen LogP contribution in [0, 0.1) is 0 Å². The van der Waals surface area contributed by atoms with Crippen LogP contribution >= 0.6 is 23.2 Å². The van der Waals surface area contributed by atoms with Crippen LogP contribution in [0.5, 0.6) is 0 Å². The first-order chi connectivity index (χ1) is 12.7. The molecule has 1 aromatic heterocycles. The summed E-state index contributed by atoms with van der Waals surface area (Å²) in [5.41, 5.74) is 2.43. The lowest BCUT2D eigenvalue weighted by molar-refractivity contribution is 0.210. The Labute approximate surface area is 162 Å². The third kappa shape index (κ3) is 4.64. The van der Waals surface area contributed by atoms with Crippen molar-refractivity contribution in [2.45, 2.75) is 0 Å². The molecule has 0 unspecified atom stereocenters. The van der Waals surface area contributed by atoms with Crippen molar-refractivity contribution in [1.82, 2.24) is 9.97 Å². The molecule has 0 spiro atoms. The Morgan fingerprint density at radius 2 is 1.81 bits per heavy atom. The van der Waals surface area contributed by atoms with Crippen molar-refractivity contribution < 1.29 is 4.74 Å². The van der Waals surface area contributed by atoms with E-state index in [1.54, 1.807) is 13.2 Å². The number of hydrogen-bond acceptors (Lipinski definition) is 5. The van der Waals surface area contributed by atoms with Gasteiger partial charge in [-0.2, -0.15) is 4.98 Å². The summed E-state index contributed by atoms with van der Waals surface area (Å²) < 4.78 is 5.08. The summed E-state index contributed by atoms with van der Waals surface area (Å²) in [5, 5.41) is 7.27. The number of nitrogens with zero attached hydrogens (tertiary/aromatic N) is 2. The van der Waals surface area contributed by atoms with E-state index in [1.807, 2.05) is 48.5 Å². The molecule has 2 aromatic carbocycles. The number of hydrogen-bond donors (Lipinski definition) is 2. The highest BCUT2D eigenvalue weighted by molar-refractivity contribution is 6.43. The van der Waals surface area contributed by atoms with Crippen LogP contribution in [0.25, 0.3) is 11.3 Å². The minimum Gasteiger partial charge on any atom is -0.383 e. The molecule has 2 N–H and O–H groups in total. The second kappa shape index (κ2) is 8.85. The van der Waals surface area contributed by atoms with E-state index < -0.39 is 0 Å². The smallest absolute Gasteiger partial charge is 0.229 e. The lowest BCUT2D eigenvalue weighted by Crippen LogP contribution is -2.10. The molecule has 3 rings (SSSR count). The van der Waals surface area contributed by atoms with Crippen LogP contribution in [0.15, 0.2) is 54.6 Å². The fourth-order valence-electron chi connectivity index (χ4n) is 2.35. The predicted octanol–water partition coefficient (Wildman–Crippen LogP) is 5.25. The van der Waals surface area contributed by atoms with E-state index in [9.17, 15) is 0 Å². The monoisotopic (exact) mass is 388 g/mol. The van der Waals surface area contributed by atoms with Crippen LogP contribution in [0.4, 0.5) is 17.5 Å². The number of rotatable bonds is 7. The molecule has 134 valence electrons. The van der Waals surface area contributed by atoms with Crippen LogP contribution in [0.3, 0.4) is 0 Å². The maximum Gasteiger partial charge on any atom is 0.229 e. The topological polar surface area (TPSA) is 59.1 Å².